The third-order valence-corrected chi connectivity index (χ3v) is 3.08. The van der Waals surface area contributed by atoms with Crippen LogP contribution in [0.15, 0.2) is 24.3 Å². The molecule has 2 rings (SSSR count). The largest absolute Gasteiger partial charge is 0.494 e. The van der Waals surface area contributed by atoms with Crippen LogP contribution in [0.2, 0.25) is 0 Å². The predicted molar refractivity (Wildman–Crippen MR) is 75.0 cm³/mol. The molecule has 0 amide bonds. The van der Waals surface area contributed by atoms with Crippen LogP contribution in [-0.4, -0.2) is 23.9 Å². The Balaban J connectivity index is 1.94. The van der Waals surface area contributed by atoms with E-state index in [0.29, 0.717) is 11.7 Å². The second kappa shape index (κ2) is 7.06. The van der Waals surface area contributed by atoms with E-state index >= 15 is 0 Å². The van der Waals surface area contributed by atoms with Crippen LogP contribution in [0.1, 0.15) is 18.4 Å². The highest BCUT2D eigenvalue weighted by atomic mass is 32.1. The van der Waals surface area contributed by atoms with Gasteiger partial charge in [-0.25, -0.2) is 0 Å². The first-order valence-corrected chi connectivity index (χ1v) is 7.01. The highest BCUT2D eigenvalue weighted by molar-refractivity contribution is 7.13. The molecule has 0 aliphatic carbocycles. The van der Waals surface area contributed by atoms with E-state index in [2.05, 4.69) is 22.4 Å². The molecule has 6 heteroatoms. The van der Waals surface area contributed by atoms with Crippen LogP contribution in [0.3, 0.4) is 0 Å². The summed E-state index contributed by atoms with van der Waals surface area (Å²) in [5.74, 6) is 1.58. The number of ether oxygens (including phenoxy) is 2. The number of rotatable bonds is 7. The second-order valence-corrected chi connectivity index (χ2v) is 4.94. The van der Waals surface area contributed by atoms with Gasteiger partial charge >= 0.3 is 0 Å². The van der Waals surface area contributed by atoms with E-state index in [1.165, 1.54) is 11.3 Å². The van der Waals surface area contributed by atoms with Gasteiger partial charge < -0.3 is 14.8 Å². The van der Waals surface area contributed by atoms with Gasteiger partial charge in [0.05, 0.1) is 6.61 Å². The van der Waals surface area contributed by atoms with Gasteiger partial charge in [0.15, 0.2) is 0 Å². The highest BCUT2D eigenvalue weighted by Crippen LogP contribution is 2.26. The molecule has 1 aromatic carbocycles. The summed E-state index contributed by atoms with van der Waals surface area (Å²) >= 11 is 1.43. The molecule has 0 saturated heterocycles. The number of aromatic nitrogens is 2. The monoisotopic (exact) mass is 279 g/mol. The van der Waals surface area contributed by atoms with E-state index in [1.54, 1.807) is 0 Å². The SMILES string of the molecule is CCCOc1ccc(Oc2nnc(CNC)s2)cc1. The third-order valence-electron chi connectivity index (χ3n) is 2.28. The van der Waals surface area contributed by atoms with Crippen LogP contribution < -0.4 is 14.8 Å². The normalized spacial score (nSPS) is 10.4. The van der Waals surface area contributed by atoms with Crippen LogP contribution in [0, 0.1) is 0 Å². The maximum absolute atomic E-state index is 5.63. The molecule has 0 saturated carbocycles. The lowest BCUT2D eigenvalue weighted by Crippen LogP contribution is -2.04. The summed E-state index contributed by atoms with van der Waals surface area (Å²) in [5.41, 5.74) is 0. The Morgan fingerprint density at radius 2 is 1.89 bits per heavy atom. The van der Waals surface area contributed by atoms with Crippen LogP contribution >= 0.6 is 11.3 Å². The van der Waals surface area contributed by atoms with Gasteiger partial charge in [-0.2, -0.15) is 0 Å². The molecule has 1 N–H and O–H groups in total. The molecule has 19 heavy (non-hydrogen) atoms. The van der Waals surface area contributed by atoms with E-state index in [9.17, 15) is 0 Å². The minimum absolute atomic E-state index is 0.549. The molecule has 0 spiro atoms. The first kappa shape index (κ1) is 13.8. The summed E-state index contributed by atoms with van der Waals surface area (Å²) in [6.07, 6.45) is 0.997. The lowest BCUT2D eigenvalue weighted by atomic mass is 10.3. The Bertz CT molecular complexity index is 499. The minimum atomic E-state index is 0.549. The van der Waals surface area contributed by atoms with E-state index in [-0.39, 0.29) is 0 Å². The molecular formula is C13H17N3O2S. The molecule has 0 aliphatic heterocycles. The zero-order valence-electron chi connectivity index (χ0n) is 11.0. The second-order valence-electron chi connectivity index (χ2n) is 3.91. The van der Waals surface area contributed by atoms with E-state index in [0.717, 1.165) is 29.5 Å². The van der Waals surface area contributed by atoms with Crippen molar-refractivity contribution in [1.82, 2.24) is 15.5 Å². The summed E-state index contributed by atoms with van der Waals surface area (Å²) in [6.45, 7) is 3.50. The van der Waals surface area contributed by atoms with Crippen molar-refractivity contribution in [1.29, 1.82) is 0 Å². The summed E-state index contributed by atoms with van der Waals surface area (Å²) in [7, 11) is 1.87. The van der Waals surface area contributed by atoms with Gasteiger partial charge in [0, 0.05) is 6.54 Å². The molecule has 102 valence electrons. The van der Waals surface area contributed by atoms with Crippen LogP contribution in [0.4, 0.5) is 0 Å². The van der Waals surface area contributed by atoms with Gasteiger partial charge in [0.2, 0.25) is 0 Å². The Hall–Kier alpha value is -1.66. The van der Waals surface area contributed by atoms with Gasteiger partial charge in [-0.1, -0.05) is 23.4 Å². The molecule has 0 fully saturated rings. The smallest absolute Gasteiger partial charge is 0.299 e. The Kier molecular flexibility index (Phi) is 5.11. The standard InChI is InChI=1S/C13H17N3O2S/c1-3-8-17-10-4-6-11(7-5-10)18-13-16-15-12(19-13)9-14-2/h4-7,14H,3,8-9H2,1-2H3. The molecule has 0 aliphatic rings. The lowest BCUT2D eigenvalue weighted by Gasteiger charge is -2.05. The molecule has 0 radical (unpaired) electrons. The Morgan fingerprint density at radius 3 is 2.58 bits per heavy atom. The Morgan fingerprint density at radius 1 is 1.16 bits per heavy atom. The number of hydrogen-bond acceptors (Lipinski definition) is 6. The number of hydrogen-bond donors (Lipinski definition) is 1. The van der Waals surface area contributed by atoms with Crippen molar-refractivity contribution in [3.63, 3.8) is 0 Å². The zero-order chi connectivity index (χ0) is 13.5. The number of benzene rings is 1. The summed E-state index contributed by atoms with van der Waals surface area (Å²) in [5, 5.41) is 12.5. The van der Waals surface area contributed by atoms with Gasteiger partial charge in [0.1, 0.15) is 16.5 Å². The predicted octanol–water partition coefficient (Wildman–Crippen LogP) is 2.84. The number of nitrogens with zero attached hydrogens (tertiary/aromatic N) is 2. The molecule has 0 bridgehead atoms. The molecule has 0 atom stereocenters. The van der Waals surface area contributed by atoms with Crippen molar-refractivity contribution in [3.05, 3.63) is 29.3 Å². The van der Waals surface area contributed by atoms with Gasteiger partial charge in [-0.05, 0) is 37.7 Å². The number of nitrogens with one attached hydrogen (secondary N) is 1. The van der Waals surface area contributed by atoms with E-state index in [1.807, 2.05) is 31.3 Å². The van der Waals surface area contributed by atoms with Gasteiger partial charge in [0.25, 0.3) is 5.19 Å². The maximum atomic E-state index is 5.63. The summed E-state index contributed by atoms with van der Waals surface area (Å²) < 4.78 is 11.1. The average Bonchev–Trinajstić information content (AvgIpc) is 2.86. The Labute approximate surface area is 116 Å². The summed E-state index contributed by atoms with van der Waals surface area (Å²) in [6, 6.07) is 7.51. The van der Waals surface area contributed by atoms with Gasteiger partial charge in [-0.15, -0.1) is 5.10 Å². The topological polar surface area (TPSA) is 56.3 Å². The zero-order valence-corrected chi connectivity index (χ0v) is 11.9. The summed E-state index contributed by atoms with van der Waals surface area (Å²) in [4.78, 5) is 0. The van der Waals surface area contributed by atoms with Crippen molar-refractivity contribution >= 4 is 11.3 Å². The fourth-order valence-corrected chi connectivity index (χ4v) is 2.15. The minimum Gasteiger partial charge on any atom is -0.494 e. The van der Waals surface area contributed by atoms with Crippen LogP contribution in [0.25, 0.3) is 0 Å². The first-order chi connectivity index (χ1) is 9.31. The van der Waals surface area contributed by atoms with Crippen molar-refractivity contribution in [2.24, 2.45) is 0 Å². The van der Waals surface area contributed by atoms with E-state index < -0.39 is 0 Å². The van der Waals surface area contributed by atoms with Gasteiger partial charge in [-0.3, -0.25) is 0 Å². The third kappa shape index (κ3) is 4.18. The van der Waals surface area contributed by atoms with Crippen LogP contribution in [0.5, 0.6) is 16.7 Å². The molecule has 5 nitrogen and oxygen atoms in total. The first-order valence-electron chi connectivity index (χ1n) is 6.19. The van der Waals surface area contributed by atoms with Crippen molar-refractivity contribution < 1.29 is 9.47 Å². The molecule has 1 aromatic heterocycles. The quantitative estimate of drug-likeness (QED) is 0.844. The molecule has 0 unspecified atom stereocenters. The van der Waals surface area contributed by atoms with Crippen molar-refractivity contribution in [2.75, 3.05) is 13.7 Å². The fraction of sp³-hybridized carbons (Fsp3) is 0.385. The average molecular weight is 279 g/mol. The van der Waals surface area contributed by atoms with Crippen molar-refractivity contribution in [2.45, 2.75) is 19.9 Å². The molecule has 2 aromatic rings. The molecular weight excluding hydrogens is 262 g/mol. The molecule has 1 heterocycles. The lowest BCUT2D eigenvalue weighted by molar-refractivity contribution is 0.317. The maximum Gasteiger partial charge on any atom is 0.299 e. The van der Waals surface area contributed by atoms with Crippen LogP contribution in [-0.2, 0) is 6.54 Å². The van der Waals surface area contributed by atoms with E-state index in [4.69, 9.17) is 9.47 Å². The highest BCUT2D eigenvalue weighted by Gasteiger charge is 2.05. The fourth-order valence-electron chi connectivity index (χ4n) is 1.43. The van der Waals surface area contributed by atoms with Crippen molar-refractivity contribution in [3.8, 4) is 16.7 Å².